The summed E-state index contributed by atoms with van der Waals surface area (Å²) in [6, 6.07) is 14.0. The Morgan fingerprint density at radius 3 is 2.35 bits per heavy atom. The molecule has 0 amide bonds. The van der Waals surface area contributed by atoms with Gasteiger partial charge in [0.05, 0.1) is 12.4 Å². The summed E-state index contributed by atoms with van der Waals surface area (Å²) in [4.78, 5) is 15.4. The number of nitrogens with zero attached hydrogens (tertiary/aromatic N) is 3. The SMILES string of the molecule is O=Cc1c(-[n+]2ccccc2)nc([O-])n1-c1ccccc1. The first-order chi connectivity index (χ1) is 9.81. The third-order valence-electron chi connectivity index (χ3n) is 2.95. The summed E-state index contributed by atoms with van der Waals surface area (Å²) in [5.41, 5.74) is 0.854. The smallest absolute Gasteiger partial charge is 0.356 e. The molecule has 0 N–H and O–H groups in total. The fourth-order valence-electron chi connectivity index (χ4n) is 2.06. The van der Waals surface area contributed by atoms with Crippen molar-refractivity contribution in [1.82, 2.24) is 9.55 Å². The van der Waals surface area contributed by atoms with Crippen LogP contribution in [0.5, 0.6) is 6.01 Å². The zero-order valence-corrected chi connectivity index (χ0v) is 10.5. The minimum absolute atomic E-state index is 0.234. The fourth-order valence-corrected chi connectivity index (χ4v) is 2.06. The van der Waals surface area contributed by atoms with Crippen molar-refractivity contribution >= 4 is 6.29 Å². The molecule has 3 aromatic rings. The first kappa shape index (κ1) is 12.1. The molecule has 0 saturated heterocycles. The van der Waals surface area contributed by atoms with Crippen molar-refractivity contribution in [3.8, 4) is 17.5 Å². The van der Waals surface area contributed by atoms with Gasteiger partial charge in [-0.3, -0.25) is 9.36 Å². The van der Waals surface area contributed by atoms with Gasteiger partial charge in [0.2, 0.25) is 0 Å². The van der Waals surface area contributed by atoms with E-state index in [-0.39, 0.29) is 5.69 Å². The molecule has 1 aromatic carbocycles. The summed E-state index contributed by atoms with van der Waals surface area (Å²) in [7, 11) is 0. The second kappa shape index (κ2) is 4.97. The molecule has 0 aliphatic heterocycles. The maximum absolute atomic E-state index is 12.1. The van der Waals surface area contributed by atoms with Crippen molar-refractivity contribution < 1.29 is 14.5 Å². The number of hydrogen-bond donors (Lipinski definition) is 0. The number of pyridine rings is 1. The number of benzene rings is 1. The molecule has 5 heteroatoms. The first-order valence-electron chi connectivity index (χ1n) is 6.08. The Morgan fingerprint density at radius 2 is 1.70 bits per heavy atom. The average Bonchev–Trinajstić information content (AvgIpc) is 2.85. The molecule has 2 heterocycles. The van der Waals surface area contributed by atoms with Gasteiger partial charge < -0.3 is 5.11 Å². The Morgan fingerprint density at radius 1 is 1.05 bits per heavy atom. The van der Waals surface area contributed by atoms with Crippen molar-refractivity contribution in [3.05, 3.63) is 66.6 Å². The van der Waals surface area contributed by atoms with Crippen LogP contribution in [0.3, 0.4) is 0 Å². The lowest BCUT2D eigenvalue weighted by atomic mass is 10.3. The van der Waals surface area contributed by atoms with E-state index in [1.54, 1.807) is 53.4 Å². The molecule has 0 unspecified atom stereocenters. The molecule has 0 aliphatic rings. The van der Waals surface area contributed by atoms with Gasteiger partial charge in [-0.05, 0) is 29.2 Å². The molecule has 0 aliphatic carbocycles. The third kappa shape index (κ3) is 1.95. The number of carbonyl (C=O) groups is 1. The van der Waals surface area contributed by atoms with E-state index >= 15 is 0 Å². The lowest BCUT2D eigenvalue weighted by Crippen LogP contribution is -2.31. The number of hydrogen-bond acceptors (Lipinski definition) is 3. The second-order valence-electron chi connectivity index (χ2n) is 4.17. The van der Waals surface area contributed by atoms with E-state index in [1.165, 1.54) is 4.57 Å². The van der Waals surface area contributed by atoms with Gasteiger partial charge in [-0.2, -0.15) is 0 Å². The highest BCUT2D eigenvalue weighted by molar-refractivity contribution is 5.78. The van der Waals surface area contributed by atoms with Gasteiger partial charge >= 0.3 is 5.82 Å². The molecular weight excluding hydrogens is 254 g/mol. The van der Waals surface area contributed by atoms with Crippen molar-refractivity contribution in [2.75, 3.05) is 0 Å². The maximum Gasteiger partial charge on any atom is 0.356 e. The summed E-state index contributed by atoms with van der Waals surface area (Å²) < 4.78 is 2.95. The van der Waals surface area contributed by atoms with E-state index in [0.717, 1.165) is 0 Å². The Hall–Kier alpha value is -2.95. The predicted molar refractivity (Wildman–Crippen MR) is 69.9 cm³/mol. The molecule has 0 atom stereocenters. The number of imidazole rings is 1. The molecule has 98 valence electrons. The van der Waals surface area contributed by atoms with E-state index in [9.17, 15) is 9.90 Å². The highest BCUT2D eigenvalue weighted by Crippen LogP contribution is 2.19. The van der Waals surface area contributed by atoms with Gasteiger partial charge in [-0.15, -0.1) is 0 Å². The van der Waals surface area contributed by atoms with Crippen molar-refractivity contribution in [2.45, 2.75) is 0 Å². The van der Waals surface area contributed by atoms with Gasteiger partial charge in [0.25, 0.3) is 0 Å². The molecule has 0 fully saturated rings. The van der Waals surface area contributed by atoms with Crippen molar-refractivity contribution in [2.24, 2.45) is 0 Å². The van der Waals surface area contributed by atoms with Crippen LogP contribution >= 0.6 is 0 Å². The van der Waals surface area contributed by atoms with Gasteiger partial charge in [-0.25, -0.2) is 4.57 Å². The minimum Gasteiger partial charge on any atom is -0.825 e. The van der Waals surface area contributed by atoms with Gasteiger partial charge in [0.15, 0.2) is 18.0 Å². The Kier molecular flexibility index (Phi) is 3.01. The van der Waals surface area contributed by atoms with E-state index in [0.29, 0.717) is 17.8 Å². The number of rotatable bonds is 3. The molecule has 0 bridgehead atoms. The summed E-state index contributed by atoms with van der Waals surface area (Å²) >= 11 is 0. The summed E-state index contributed by atoms with van der Waals surface area (Å²) in [6.07, 6.45) is 4.13. The van der Waals surface area contributed by atoms with Crippen LogP contribution in [0.1, 0.15) is 10.5 Å². The van der Waals surface area contributed by atoms with Crippen molar-refractivity contribution in [1.29, 1.82) is 0 Å². The van der Waals surface area contributed by atoms with Crippen LogP contribution in [0, 0.1) is 0 Å². The molecular formula is C15H11N3O2. The number of aldehydes is 1. The van der Waals surface area contributed by atoms with Crippen LogP contribution in [-0.2, 0) is 0 Å². The van der Waals surface area contributed by atoms with E-state index in [2.05, 4.69) is 4.98 Å². The van der Waals surface area contributed by atoms with Crippen LogP contribution < -0.4 is 9.67 Å². The fraction of sp³-hybridized carbons (Fsp3) is 0. The molecule has 0 radical (unpaired) electrons. The second-order valence-corrected chi connectivity index (χ2v) is 4.17. The topological polar surface area (TPSA) is 61.8 Å². The number of para-hydroxylation sites is 1. The zero-order valence-electron chi connectivity index (χ0n) is 10.5. The van der Waals surface area contributed by atoms with Crippen LogP contribution in [0.15, 0.2) is 60.9 Å². The summed E-state index contributed by atoms with van der Waals surface area (Å²) in [6.45, 7) is 0. The molecule has 5 nitrogen and oxygen atoms in total. The first-order valence-corrected chi connectivity index (χ1v) is 6.08. The van der Waals surface area contributed by atoms with Crippen LogP contribution in [0.2, 0.25) is 0 Å². The standard InChI is InChI=1S/C15H11N3O2/c19-11-13-14(17-9-5-2-6-10-17)16-15(20)18(13)12-7-3-1-4-8-12/h1-11H. The average molecular weight is 265 g/mol. The summed E-state index contributed by atoms with van der Waals surface area (Å²) in [5.74, 6) is 0.328. The van der Waals surface area contributed by atoms with Crippen molar-refractivity contribution in [3.63, 3.8) is 0 Å². The minimum atomic E-state index is -0.468. The maximum atomic E-state index is 12.1. The zero-order chi connectivity index (χ0) is 13.9. The Bertz CT molecular complexity index is 737. The molecule has 3 rings (SSSR count). The summed E-state index contributed by atoms with van der Waals surface area (Å²) in [5, 5.41) is 12.1. The lowest BCUT2D eigenvalue weighted by molar-refractivity contribution is -0.599. The number of carbonyl (C=O) groups excluding carboxylic acids is 1. The van der Waals surface area contributed by atoms with Crippen LogP contribution in [-0.4, -0.2) is 15.8 Å². The monoisotopic (exact) mass is 265 g/mol. The van der Waals surface area contributed by atoms with E-state index in [1.807, 2.05) is 12.1 Å². The molecule has 2 aromatic heterocycles. The van der Waals surface area contributed by atoms with Gasteiger partial charge in [0.1, 0.15) is 0 Å². The van der Waals surface area contributed by atoms with E-state index in [4.69, 9.17) is 0 Å². The Balaban J connectivity index is 2.23. The molecule has 0 saturated carbocycles. The quantitative estimate of drug-likeness (QED) is 0.525. The van der Waals surface area contributed by atoms with Gasteiger partial charge in [0, 0.05) is 5.69 Å². The van der Waals surface area contributed by atoms with E-state index < -0.39 is 6.01 Å². The third-order valence-corrected chi connectivity index (χ3v) is 2.95. The highest BCUT2D eigenvalue weighted by Gasteiger charge is 2.22. The largest absolute Gasteiger partial charge is 0.825 e. The molecule has 0 spiro atoms. The highest BCUT2D eigenvalue weighted by atomic mass is 16.3. The van der Waals surface area contributed by atoms with Crippen LogP contribution in [0.25, 0.3) is 11.5 Å². The lowest BCUT2D eigenvalue weighted by Gasteiger charge is -2.07. The predicted octanol–water partition coefficient (Wildman–Crippen LogP) is 1.04. The molecule has 20 heavy (non-hydrogen) atoms. The van der Waals surface area contributed by atoms with Crippen LogP contribution in [0.4, 0.5) is 0 Å². The van der Waals surface area contributed by atoms with Gasteiger partial charge in [-0.1, -0.05) is 24.3 Å². The number of aromatic nitrogens is 3. The Labute approximate surface area is 115 Å². The normalized spacial score (nSPS) is 10.4.